The fraction of sp³-hybridized carbons (Fsp3) is 0.364. The third kappa shape index (κ3) is 2.35. The highest BCUT2D eigenvalue weighted by atomic mass is 35.5. The van der Waals surface area contributed by atoms with Gasteiger partial charge in [-0.05, 0) is 31.2 Å². The molecular formula is C11H13ClN2O2. The van der Waals surface area contributed by atoms with Gasteiger partial charge in [-0.15, -0.1) is 0 Å². The molecule has 1 saturated heterocycles. The number of halogens is 1. The minimum Gasteiger partial charge on any atom is -0.379 e. The molecule has 1 fully saturated rings. The number of amides is 1. The van der Waals surface area contributed by atoms with E-state index in [0.717, 1.165) is 0 Å². The number of benzene rings is 1. The molecule has 1 amide bonds. The molecular weight excluding hydrogens is 228 g/mol. The molecule has 1 heterocycles. The lowest BCUT2D eigenvalue weighted by Crippen LogP contribution is -2.44. The maximum absolute atomic E-state index is 11.8. The first kappa shape index (κ1) is 11.4. The van der Waals surface area contributed by atoms with Crippen molar-refractivity contribution < 1.29 is 9.90 Å². The first-order valence-electron chi connectivity index (χ1n) is 5.10. The van der Waals surface area contributed by atoms with Crippen molar-refractivity contribution in [3.8, 4) is 0 Å². The molecule has 1 aromatic carbocycles. The summed E-state index contributed by atoms with van der Waals surface area (Å²) in [5, 5.41) is 16.1. The van der Waals surface area contributed by atoms with Crippen molar-refractivity contribution in [1.82, 2.24) is 5.32 Å². The zero-order valence-electron chi connectivity index (χ0n) is 8.66. The Morgan fingerprint density at radius 3 is 3.00 bits per heavy atom. The number of carbonyl (C=O) groups excluding carboxylic acids is 1. The Hall–Kier alpha value is -1.10. The predicted molar refractivity (Wildman–Crippen MR) is 62.5 cm³/mol. The molecule has 3 N–H and O–H groups in total. The minimum absolute atomic E-state index is 0.291. The normalized spacial score (nSPS) is 24.4. The number of aliphatic hydroxyl groups is 1. The van der Waals surface area contributed by atoms with Gasteiger partial charge < -0.3 is 15.7 Å². The number of hydrogen-bond donors (Lipinski definition) is 3. The highest BCUT2D eigenvalue weighted by Gasteiger charge is 2.38. The van der Waals surface area contributed by atoms with Crippen LogP contribution in [0.3, 0.4) is 0 Å². The van der Waals surface area contributed by atoms with Crippen LogP contribution in [-0.4, -0.2) is 29.7 Å². The van der Waals surface area contributed by atoms with Gasteiger partial charge >= 0.3 is 0 Å². The van der Waals surface area contributed by atoms with Crippen molar-refractivity contribution in [3.05, 3.63) is 29.3 Å². The fourth-order valence-corrected chi connectivity index (χ4v) is 1.88. The number of rotatable bonds is 2. The smallest absolute Gasteiger partial charge is 0.257 e. The third-order valence-electron chi connectivity index (χ3n) is 2.64. The summed E-state index contributed by atoms with van der Waals surface area (Å²) < 4.78 is 0. The van der Waals surface area contributed by atoms with Crippen LogP contribution in [0.1, 0.15) is 6.42 Å². The fourth-order valence-electron chi connectivity index (χ4n) is 1.69. The molecule has 0 aromatic heterocycles. The molecule has 0 spiro atoms. The van der Waals surface area contributed by atoms with Crippen molar-refractivity contribution in [2.24, 2.45) is 0 Å². The average Bonchev–Trinajstić information content (AvgIpc) is 2.66. The van der Waals surface area contributed by atoms with Crippen LogP contribution in [0.2, 0.25) is 5.02 Å². The monoisotopic (exact) mass is 240 g/mol. The second-order valence-corrected chi connectivity index (χ2v) is 4.36. The van der Waals surface area contributed by atoms with Gasteiger partial charge in [-0.2, -0.15) is 0 Å². The van der Waals surface area contributed by atoms with Crippen LogP contribution in [0.15, 0.2) is 24.3 Å². The Bertz CT molecular complexity index is 403. The van der Waals surface area contributed by atoms with E-state index >= 15 is 0 Å². The van der Waals surface area contributed by atoms with Gasteiger partial charge in [0, 0.05) is 17.3 Å². The van der Waals surface area contributed by atoms with Crippen molar-refractivity contribution >= 4 is 23.2 Å². The maximum Gasteiger partial charge on any atom is 0.257 e. The van der Waals surface area contributed by atoms with E-state index in [9.17, 15) is 9.90 Å². The Balaban J connectivity index is 2.07. The van der Waals surface area contributed by atoms with Crippen LogP contribution in [0.25, 0.3) is 0 Å². The van der Waals surface area contributed by atoms with E-state index in [-0.39, 0.29) is 5.91 Å². The molecule has 0 saturated carbocycles. The van der Waals surface area contributed by atoms with Crippen LogP contribution in [0.5, 0.6) is 0 Å². The highest BCUT2D eigenvalue weighted by molar-refractivity contribution is 6.30. The first-order chi connectivity index (χ1) is 7.60. The van der Waals surface area contributed by atoms with Crippen LogP contribution in [-0.2, 0) is 4.79 Å². The molecule has 0 aliphatic carbocycles. The highest BCUT2D eigenvalue weighted by Crippen LogP contribution is 2.19. The largest absolute Gasteiger partial charge is 0.379 e. The molecule has 1 atom stereocenters. The quantitative estimate of drug-likeness (QED) is 0.723. The molecule has 5 heteroatoms. The van der Waals surface area contributed by atoms with Gasteiger partial charge in [-0.25, -0.2) is 0 Å². The Labute approximate surface area is 98.6 Å². The summed E-state index contributed by atoms with van der Waals surface area (Å²) in [4.78, 5) is 11.8. The standard InChI is InChI=1S/C11H13ClN2O2/c12-8-2-1-3-9(6-8)14-10(15)11(16)4-5-13-7-11/h1-3,6,13,16H,4-5,7H2,(H,14,15). The third-order valence-corrected chi connectivity index (χ3v) is 2.87. The van der Waals surface area contributed by atoms with Crippen molar-refractivity contribution in [2.45, 2.75) is 12.0 Å². The van der Waals surface area contributed by atoms with Crippen LogP contribution in [0, 0.1) is 0 Å². The van der Waals surface area contributed by atoms with Gasteiger partial charge in [0.25, 0.3) is 5.91 Å². The predicted octanol–water partition coefficient (Wildman–Crippen LogP) is 1.00. The molecule has 1 unspecified atom stereocenters. The van der Waals surface area contributed by atoms with Crippen molar-refractivity contribution in [1.29, 1.82) is 0 Å². The second-order valence-electron chi connectivity index (χ2n) is 3.92. The lowest BCUT2D eigenvalue weighted by atomic mass is 10.0. The summed E-state index contributed by atoms with van der Waals surface area (Å²) in [6.45, 7) is 0.943. The van der Waals surface area contributed by atoms with Crippen LogP contribution in [0.4, 0.5) is 5.69 Å². The molecule has 0 radical (unpaired) electrons. The Morgan fingerprint density at radius 1 is 1.56 bits per heavy atom. The van der Waals surface area contributed by atoms with E-state index in [0.29, 0.717) is 30.2 Å². The SMILES string of the molecule is O=C(Nc1cccc(Cl)c1)C1(O)CCNC1. The lowest BCUT2D eigenvalue weighted by Gasteiger charge is -2.20. The summed E-state index contributed by atoms with van der Waals surface area (Å²) in [5.74, 6) is -0.389. The number of nitrogens with one attached hydrogen (secondary N) is 2. The molecule has 2 rings (SSSR count). The number of β-amino-alcohol motifs (C(OH)–C–C–N with tert-alkyl or cyclic N) is 1. The summed E-state index contributed by atoms with van der Waals surface area (Å²) in [6.07, 6.45) is 0.430. The molecule has 1 aromatic rings. The summed E-state index contributed by atoms with van der Waals surface area (Å²) >= 11 is 5.80. The van der Waals surface area contributed by atoms with E-state index in [1.165, 1.54) is 0 Å². The summed E-state index contributed by atoms with van der Waals surface area (Å²) in [6, 6.07) is 6.85. The molecule has 1 aliphatic rings. The van der Waals surface area contributed by atoms with E-state index in [1.54, 1.807) is 24.3 Å². The van der Waals surface area contributed by atoms with Gasteiger partial charge in [-0.3, -0.25) is 4.79 Å². The Kier molecular flexibility index (Phi) is 3.14. The topological polar surface area (TPSA) is 61.4 Å². The molecule has 0 bridgehead atoms. The Morgan fingerprint density at radius 2 is 2.38 bits per heavy atom. The van der Waals surface area contributed by atoms with Crippen LogP contribution >= 0.6 is 11.6 Å². The van der Waals surface area contributed by atoms with Gasteiger partial charge in [0.05, 0.1) is 0 Å². The molecule has 16 heavy (non-hydrogen) atoms. The van der Waals surface area contributed by atoms with Gasteiger partial charge in [0.2, 0.25) is 0 Å². The molecule has 86 valence electrons. The minimum atomic E-state index is -1.30. The second kappa shape index (κ2) is 4.41. The maximum atomic E-state index is 11.8. The number of hydrogen-bond acceptors (Lipinski definition) is 3. The molecule has 4 nitrogen and oxygen atoms in total. The number of carbonyl (C=O) groups is 1. The van der Waals surface area contributed by atoms with Gasteiger partial charge in [-0.1, -0.05) is 17.7 Å². The van der Waals surface area contributed by atoms with Crippen molar-refractivity contribution in [2.75, 3.05) is 18.4 Å². The zero-order valence-corrected chi connectivity index (χ0v) is 9.42. The van der Waals surface area contributed by atoms with E-state index in [2.05, 4.69) is 10.6 Å². The van der Waals surface area contributed by atoms with E-state index in [4.69, 9.17) is 11.6 Å². The first-order valence-corrected chi connectivity index (χ1v) is 5.48. The van der Waals surface area contributed by atoms with E-state index in [1.807, 2.05) is 0 Å². The van der Waals surface area contributed by atoms with Gasteiger partial charge in [0.15, 0.2) is 5.60 Å². The summed E-state index contributed by atoms with van der Waals surface area (Å²) in [5.41, 5.74) is -0.708. The lowest BCUT2D eigenvalue weighted by molar-refractivity contribution is -0.132. The average molecular weight is 241 g/mol. The number of anilines is 1. The van der Waals surface area contributed by atoms with Gasteiger partial charge in [0.1, 0.15) is 0 Å². The van der Waals surface area contributed by atoms with Crippen molar-refractivity contribution in [3.63, 3.8) is 0 Å². The zero-order chi connectivity index (χ0) is 11.6. The summed E-state index contributed by atoms with van der Waals surface area (Å²) in [7, 11) is 0. The molecule has 1 aliphatic heterocycles. The van der Waals surface area contributed by atoms with Crippen LogP contribution < -0.4 is 10.6 Å². The van der Waals surface area contributed by atoms with E-state index < -0.39 is 5.60 Å².